The van der Waals surface area contributed by atoms with Crippen LogP contribution < -0.4 is 10.1 Å². The van der Waals surface area contributed by atoms with Crippen molar-refractivity contribution < 1.29 is 4.74 Å². The highest BCUT2D eigenvalue weighted by atomic mass is 16.5. The molecule has 3 rings (SSSR count). The molecular weight excluding hydrogens is 236 g/mol. The highest BCUT2D eigenvalue weighted by Crippen LogP contribution is 2.30. The second-order valence-electron chi connectivity index (χ2n) is 5.91. The van der Waals surface area contributed by atoms with Crippen molar-refractivity contribution in [1.29, 1.82) is 0 Å². The molecule has 2 saturated heterocycles. The van der Waals surface area contributed by atoms with E-state index < -0.39 is 0 Å². The van der Waals surface area contributed by atoms with Crippen LogP contribution in [-0.2, 0) is 6.54 Å². The van der Waals surface area contributed by atoms with E-state index in [1.165, 1.54) is 37.1 Å². The molecule has 1 aromatic rings. The molecule has 0 radical (unpaired) electrons. The van der Waals surface area contributed by atoms with Gasteiger partial charge in [-0.2, -0.15) is 0 Å². The van der Waals surface area contributed by atoms with Crippen LogP contribution >= 0.6 is 0 Å². The Morgan fingerprint density at radius 3 is 3.11 bits per heavy atom. The van der Waals surface area contributed by atoms with Gasteiger partial charge < -0.3 is 10.1 Å². The Kier molecular flexibility index (Phi) is 3.76. The predicted molar refractivity (Wildman–Crippen MR) is 77.5 cm³/mol. The van der Waals surface area contributed by atoms with Crippen LogP contribution in [0.2, 0.25) is 0 Å². The monoisotopic (exact) mass is 260 g/mol. The first-order chi connectivity index (χ1) is 9.28. The fraction of sp³-hybridized carbons (Fsp3) is 0.625. The number of benzene rings is 1. The van der Waals surface area contributed by atoms with Crippen molar-refractivity contribution in [2.45, 2.75) is 32.4 Å². The number of nitrogens with one attached hydrogen (secondary N) is 1. The molecule has 0 aliphatic carbocycles. The molecule has 0 spiro atoms. The molecule has 0 bridgehead atoms. The van der Waals surface area contributed by atoms with Crippen LogP contribution in [0.4, 0.5) is 0 Å². The summed E-state index contributed by atoms with van der Waals surface area (Å²) in [6.07, 6.45) is 2.72. The van der Waals surface area contributed by atoms with Crippen molar-refractivity contribution in [3.63, 3.8) is 0 Å². The first-order valence-electron chi connectivity index (χ1n) is 7.36. The Hall–Kier alpha value is -1.06. The molecule has 0 aromatic heterocycles. The number of ether oxygens (including phenoxy) is 1. The van der Waals surface area contributed by atoms with Gasteiger partial charge in [-0.3, -0.25) is 4.90 Å². The van der Waals surface area contributed by atoms with E-state index in [0.717, 1.165) is 30.8 Å². The van der Waals surface area contributed by atoms with E-state index in [1.807, 2.05) is 0 Å². The minimum atomic E-state index is 0.721. The van der Waals surface area contributed by atoms with Gasteiger partial charge in [-0.1, -0.05) is 17.7 Å². The number of nitrogens with zero attached hydrogens (tertiary/aromatic N) is 1. The lowest BCUT2D eigenvalue weighted by molar-refractivity contribution is 0.116. The first-order valence-corrected chi connectivity index (χ1v) is 7.36. The summed E-state index contributed by atoms with van der Waals surface area (Å²) in [6.45, 7) is 6.75. The lowest BCUT2D eigenvalue weighted by atomic mass is 9.91. The van der Waals surface area contributed by atoms with E-state index in [-0.39, 0.29) is 0 Å². The third-order valence-electron chi connectivity index (χ3n) is 4.60. The number of likely N-dealkylation sites (tertiary alicyclic amines) is 1. The number of hydrogen-bond donors (Lipinski definition) is 1. The van der Waals surface area contributed by atoms with Gasteiger partial charge in [0.15, 0.2) is 0 Å². The Morgan fingerprint density at radius 2 is 2.26 bits per heavy atom. The topological polar surface area (TPSA) is 24.5 Å². The fourth-order valence-electron chi connectivity index (χ4n) is 3.61. The second kappa shape index (κ2) is 5.51. The molecule has 3 heteroatoms. The van der Waals surface area contributed by atoms with Crippen LogP contribution in [0.3, 0.4) is 0 Å². The van der Waals surface area contributed by atoms with E-state index in [4.69, 9.17) is 4.74 Å². The van der Waals surface area contributed by atoms with Gasteiger partial charge >= 0.3 is 0 Å². The average molecular weight is 260 g/mol. The van der Waals surface area contributed by atoms with Gasteiger partial charge in [-0.25, -0.2) is 0 Å². The van der Waals surface area contributed by atoms with Crippen molar-refractivity contribution in [3.05, 3.63) is 29.3 Å². The molecule has 104 valence electrons. The summed E-state index contributed by atoms with van der Waals surface area (Å²) in [7, 11) is 1.77. The van der Waals surface area contributed by atoms with E-state index in [1.54, 1.807) is 7.11 Å². The van der Waals surface area contributed by atoms with Crippen LogP contribution in [0.1, 0.15) is 24.0 Å². The number of piperidine rings is 1. The van der Waals surface area contributed by atoms with Gasteiger partial charge in [0.05, 0.1) is 7.11 Å². The largest absolute Gasteiger partial charge is 0.496 e. The molecule has 2 unspecified atom stereocenters. The molecule has 2 aliphatic rings. The second-order valence-corrected chi connectivity index (χ2v) is 5.91. The van der Waals surface area contributed by atoms with Crippen LogP contribution in [-0.4, -0.2) is 37.7 Å². The van der Waals surface area contributed by atoms with Gasteiger partial charge in [0.25, 0.3) is 0 Å². The molecule has 2 heterocycles. The molecular formula is C16H24N2O. The summed E-state index contributed by atoms with van der Waals surface area (Å²) in [5.41, 5.74) is 2.64. The normalized spacial score (nSPS) is 27.3. The minimum absolute atomic E-state index is 0.721. The van der Waals surface area contributed by atoms with Crippen molar-refractivity contribution in [2.24, 2.45) is 5.92 Å². The van der Waals surface area contributed by atoms with Gasteiger partial charge in [-0.15, -0.1) is 0 Å². The number of aryl methyl sites for hydroxylation is 1. The summed E-state index contributed by atoms with van der Waals surface area (Å²) in [6, 6.07) is 7.21. The van der Waals surface area contributed by atoms with Gasteiger partial charge in [0.2, 0.25) is 0 Å². The first kappa shape index (κ1) is 12.9. The maximum absolute atomic E-state index is 5.51. The van der Waals surface area contributed by atoms with E-state index in [9.17, 15) is 0 Å². The van der Waals surface area contributed by atoms with Crippen molar-refractivity contribution in [2.75, 3.05) is 26.7 Å². The Balaban J connectivity index is 1.78. The maximum atomic E-state index is 5.51. The van der Waals surface area contributed by atoms with Crippen molar-refractivity contribution in [3.8, 4) is 5.75 Å². The summed E-state index contributed by atoms with van der Waals surface area (Å²) in [5.74, 6) is 1.88. The fourth-order valence-corrected chi connectivity index (χ4v) is 3.61. The summed E-state index contributed by atoms with van der Waals surface area (Å²) in [4.78, 5) is 2.64. The van der Waals surface area contributed by atoms with Crippen molar-refractivity contribution >= 4 is 0 Å². The van der Waals surface area contributed by atoms with Crippen LogP contribution in [0.5, 0.6) is 5.75 Å². The highest BCUT2D eigenvalue weighted by molar-refractivity contribution is 5.36. The van der Waals surface area contributed by atoms with E-state index in [2.05, 4.69) is 35.3 Å². The Labute approximate surface area is 115 Å². The molecule has 2 atom stereocenters. The van der Waals surface area contributed by atoms with E-state index in [0.29, 0.717) is 0 Å². The molecule has 0 saturated carbocycles. The molecule has 3 nitrogen and oxygen atoms in total. The smallest absolute Gasteiger partial charge is 0.123 e. The SMILES string of the molecule is COc1ccc(C)cc1CN1CCCC2CNCC21. The number of rotatable bonds is 3. The molecule has 2 aliphatic heterocycles. The van der Waals surface area contributed by atoms with Gasteiger partial charge in [-0.05, 0) is 44.8 Å². The average Bonchev–Trinajstić information content (AvgIpc) is 2.88. The third kappa shape index (κ3) is 2.63. The number of methoxy groups -OCH3 is 1. The quantitative estimate of drug-likeness (QED) is 0.901. The summed E-state index contributed by atoms with van der Waals surface area (Å²) >= 11 is 0. The number of hydrogen-bond acceptors (Lipinski definition) is 3. The molecule has 1 N–H and O–H groups in total. The molecule has 2 fully saturated rings. The Morgan fingerprint density at radius 1 is 1.37 bits per heavy atom. The number of fused-ring (bicyclic) bond motifs is 1. The summed E-state index contributed by atoms with van der Waals surface area (Å²) in [5, 5.41) is 3.55. The maximum Gasteiger partial charge on any atom is 0.123 e. The zero-order chi connectivity index (χ0) is 13.2. The minimum Gasteiger partial charge on any atom is -0.496 e. The van der Waals surface area contributed by atoms with Crippen LogP contribution in [0, 0.1) is 12.8 Å². The van der Waals surface area contributed by atoms with Gasteiger partial charge in [0, 0.05) is 24.7 Å². The van der Waals surface area contributed by atoms with Crippen LogP contribution in [0.25, 0.3) is 0 Å². The zero-order valence-electron chi connectivity index (χ0n) is 12.0. The highest BCUT2D eigenvalue weighted by Gasteiger charge is 2.34. The standard InChI is InChI=1S/C16H24N2O/c1-12-5-6-16(19-2)14(8-12)11-18-7-3-4-13-9-17-10-15(13)18/h5-6,8,13,15,17H,3-4,7,9-11H2,1-2H3. The zero-order valence-corrected chi connectivity index (χ0v) is 12.0. The third-order valence-corrected chi connectivity index (χ3v) is 4.60. The van der Waals surface area contributed by atoms with Crippen molar-refractivity contribution in [1.82, 2.24) is 10.2 Å². The molecule has 1 aromatic carbocycles. The molecule has 0 amide bonds. The van der Waals surface area contributed by atoms with Gasteiger partial charge in [0.1, 0.15) is 5.75 Å². The Bertz CT molecular complexity index is 446. The lowest BCUT2D eigenvalue weighted by Crippen LogP contribution is -2.44. The van der Waals surface area contributed by atoms with E-state index >= 15 is 0 Å². The van der Waals surface area contributed by atoms with Crippen LogP contribution in [0.15, 0.2) is 18.2 Å². The molecule has 19 heavy (non-hydrogen) atoms. The lowest BCUT2D eigenvalue weighted by Gasteiger charge is -2.37. The summed E-state index contributed by atoms with van der Waals surface area (Å²) < 4.78 is 5.51. The predicted octanol–water partition coefficient (Wildman–Crippen LogP) is 2.19.